The third-order valence-electron chi connectivity index (χ3n) is 5.94. The molecule has 1 aromatic heterocycles. The maximum Gasteiger partial charge on any atom is 0.236 e. The third kappa shape index (κ3) is 4.34. The maximum absolute atomic E-state index is 13.6. The topological polar surface area (TPSA) is 63.4 Å². The van der Waals surface area contributed by atoms with E-state index >= 15 is 0 Å². The number of fused-ring (bicyclic) bond motifs is 1. The number of hydrogen-bond donors (Lipinski definition) is 0. The van der Waals surface area contributed by atoms with Crippen LogP contribution >= 0.6 is 0 Å². The summed E-state index contributed by atoms with van der Waals surface area (Å²) >= 11 is 0. The van der Waals surface area contributed by atoms with Crippen molar-refractivity contribution < 1.29 is 17.2 Å². The van der Waals surface area contributed by atoms with Crippen LogP contribution in [0.3, 0.4) is 0 Å². The number of benzene rings is 3. The second-order valence-corrected chi connectivity index (χ2v) is 10.00. The summed E-state index contributed by atoms with van der Waals surface area (Å²) in [5, 5.41) is 1.25. The van der Waals surface area contributed by atoms with Crippen molar-refractivity contribution in [3.63, 3.8) is 0 Å². The van der Waals surface area contributed by atoms with Crippen LogP contribution in [0.25, 0.3) is 28.3 Å². The fourth-order valence-electron chi connectivity index (χ4n) is 4.19. The average Bonchev–Trinajstić information content (AvgIpc) is 3.47. The lowest BCUT2D eigenvalue weighted by Crippen LogP contribution is -2.29. The van der Waals surface area contributed by atoms with E-state index in [4.69, 9.17) is 4.42 Å². The molecule has 1 saturated heterocycles. The highest BCUT2D eigenvalue weighted by atomic mass is 32.2. The second kappa shape index (κ2) is 8.57. The van der Waals surface area contributed by atoms with Crippen LogP contribution in [0, 0.1) is 12.7 Å². The predicted octanol–water partition coefficient (Wildman–Crippen LogP) is 6.08. The molecule has 1 fully saturated rings. The molecule has 5 rings (SSSR count). The Bertz CT molecular complexity index is 1450. The first-order valence-electron chi connectivity index (χ1n) is 10.8. The van der Waals surface area contributed by atoms with E-state index in [-0.39, 0.29) is 5.82 Å². The van der Waals surface area contributed by atoms with Gasteiger partial charge in [0.2, 0.25) is 15.9 Å². The van der Waals surface area contributed by atoms with Crippen molar-refractivity contribution in [1.82, 2.24) is 9.29 Å². The van der Waals surface area contributed by atoms with Gasteiger partial charge in [-0.15, -0.1) is 0 Å². The molecule has 5 nitrogen and oxygen atoms in total. The molecule has 1 unspecified atom stereocenters. The van der Waals surface area contributed by atoms with Crippen LogP contribution in [-0.2, 0) is 10.0 Å². The highest BCUT2D eigenvalue weighted by Crippen LogP contribution is 2.36. The van der Waals surface area contributed by atoms with Crippen molar-refractivity contribution in [2.24, 2.45) is 0 Å². The summed E-state index contributed by atoms with van der Waals surface area (Å²) in [6.45, 7) is 2.15. The summed E-state index contributed by atoms with van der Waals surface area (Å²) in [7, 11) is -3.64. The summed E-state index contributed by atoms with van der Waals surface area (Å²) in [4.78, 5) is 4.63. The van der Waals surface area contributed by atoms with Gasteiger partial charge in [-0.2, -0.15) is 4.31 Å². The molecule has 33 heavy (non-hydrogen) atoms. The van der Waals surface area contributed by atoms with Crippen molar-refractivity contribution in [2.75, 3.05) is 6.54 Å². The van der Waals surface area contributed by atoms with Crippen LogP contribution in [0.2, 0.25) is 0 Å². The first-order chi connectivity index (χ1) is 15.9. The minimum absolute atomic E-state index is 0.243. The zero-order valence-electron chi connectivity index (χ0n) is 18.1. The Hall–Kier alpha value is -3.29. The summed E-state index contributed by atoms with van der Waals surface area (Å²) < 4.78 is 47.2. The smallest absolute Gasteiger partial charge is 0.236 e. The highest BCUT2D eigenvalue weighted by molar-refractivity contribution is 7.92. The summed E-state index contributed by atoms with van der Waals surface area (Å²) in [6.07, 6.45) is 2.99. The van der Waals surface area contributed by atoms with Gasteiger partial charge in [0.15, 0.2) is 5.58 Å². The Morgan fingerprint density at radius 1 is 1.06 bits per heavy atom. The van der Waals surface area contributed by atoms with E-state index in [0.29, 0.717) is 35.5 Å². The van der Waals surface area contributed by atoms with Crippen LogP contribution < -0.4 is 0 Å². The van der Waals surface area contributed by atoms with E-state index in [9.17, 15) is 12.8 Å². The lowest BCUT2D eigenvalue weighted by molar-refractivity contribution is 0.340. The molecule has 168 valence electrons. The molecule has 0 bridgehead atoms. The molecular formula is C26H23FN2O3S. The number of rotatable bonds is 5. The number of oxazole rings is 1. The van der Waals surface area contributed by atoms with E-state index < -0.39 is 16.1 Å². The Morgan fingerprint density at radius 3 is 2.61 bits per heavy atom. The van der Waals surface area contributed by atoms with Crippen LogP contribution in [0.4, 0.5) is 4.39 Å². The Balaban J connectivity index is 1.44. The van der Waals surface area contributed by atoms with Gasteiger partial charge in [-0.3, -0.25) is 0 Å². The van der Waals surface area contributed by atoms with E-state index in [1.807, 2.05) is 48.5 Å². The third-order valence-corrected chi connectivity index (χ3v) is 7.51. The number of hydrogen-bond acceptors (Lipinski definition) is 4. The molecule has 0 spiro atoms. The molecule has 0 N–H and O–H groups in total. The predicted molar refractivity (Wildman–Crippen MR) is 127 cm³/mol. The van der Waals surface area contributed by atoms with E-state index in [1.54, 1.807) is 25.1 Å². The molecule has 1 aliphatic rings. The van der Waals surface area contributed by atoms with Gasteiger partial charge in [-0.05, 0) is 72.4 Å². The van der Waals surface area contributed by atoms with Crippen molar-refractivity contribution in [2.45, 2.75) is 25.8 Å². The Morgan fingerprint density at radius 2 is 1.82 bits per heavy atom. The first-order valence-corrected chi connectivity index (χ1v) is 12.3. The van der Waals surface area contributed by atoms with Crippen LogP contribution in [-0.4, -0.2) is 24.3 Å². The van der Waals surface area contributed by atoms with Gasteiger partial charge < -0.3 is 4.42 Å². The van der Waals surface area contributed by atoms with Gasteiger partial charge in [0.1, 0.15) is 17.4 Å². The second-order valence-electron chi connectivity index (χ2n) is 8.23. The largest absolute Gasteiger partial charge is 0.439 e. The molecule has 7 heteroatoms. The van der Waals surface area contributed by atoms with Gasteiger partial charge in [-0.1, -0.05) is 42.5 Å². The lowest BCUT2D eigenvalue weighted by atomic mass is 10.0. The summed E-state index contributed by atoms with van der Waals surface area (Å²) in [5.74, 6) is 0.152. The van der Waals surface area contributed by atoms with Gasteiger partial charge >= 0.3 is 0 Å². The van der Waals surface area contributed by atoms with E-state index in [2.05, 4.69) is 4.98 Å². The first kappa shape index (κ1) is 21.6. The minimum Gasteiger partial charge on any atom is -0.439 e. The van der Waals surface area contributed by atoms with Crippen molar-refractivity contribution >= 4 is 27.2 Å². The molecule has 0 saturated carbocycles. The fourth-order valence-corrected chi connectivity index (χ4v) is 5.61. The summed E-state index contributed by atoms with van der Waals surface area (Å²) in [5.41, 5.74) is 4.42. The van der Waals surface area contributed by atoms with E-state index in [1.165, 1.54) is 15.8 Å². The normalized spacial score (nSPS) is 17.3. The minimum atomic E-state index is -3.64. The molecule has 1 atom stereocenters. The molecule has 0 aliphatic carbocycles. The Labute approximate surface area is 192 Å². The number of halogens is 1. The molecule has 1 aliphatic heterocycles. The van der Waals surface area contributed by atoms with Crippen molar-refractivity contribution in [3.8, 4) is 11.1 Å². The zero-order valence-corrected chi connectivity index (χ0v) is 18.9. The zero-order chi connectivity index (χ0) is 23.0. The SMILES string of the molecule is Cc1cc(-c2ccc3oc(C4CCCN4S(=O)(=O)/C=C/c4ccccc4)nc3c2)ccc1F. The number of sulfonamides is 1. The molecular weight excluding hydrogens is 439 g/mol. The van der Waals surface area contributed by atoms with Gasteiger partial charge in [0.25, 0.3) is 0 Å². The Kier molecular flexibility index (Phi) is 5.60. The fraction of sp³-hybridized carbons (Fsp3) is 0.192. The van der Waals surface area contributed by atoms with Crippen LogP contribution in [0.15, 0.2) is 76.6 Å². The lowest BCUT2D eigenvalue weighted by Gasteiger charge is -2.19. The molecule has 0 radical (unpaired) electrons. The number of nitrogens with zero attached hydrogens (tertiary/aromatic N) is 2. The number of aromatic nitrogens is 1. The summed E-state index contributed by atoms with van der Waals surface area (Å²) in [6, 6.07) is 19.5. The molecule has 3 aromatic carbocycles. The monoisotopic (exact) mass is 462 g/mol. The molecule has 4 aromatic rings. The van der Waals surface area contributed by atoms with Crippen LogP contribution in [0.1, 0.15) is 35.9 Å². The van der Waals surface area contributed by atoms with Gasteiger partial charge in [0, 0.05) is 12.0 Å². The highest BCUT2D eigenvalue weighted by Gasteiger charge is 2.37. The van der Waals surface area contributed by atoms with Gasteiger partial charge in [-0.25, -0.2) is 17.8 Å². The van der Waals surface area contributed by atoms with Crippen molar-refractivity contribution in [1.29, 1.82) is 0 Å². The van der Waals surface area contributed by atoms with Crippen LogP contribution in [0.5, 0.6) is 0 Å². The van der Waals surface area contributed by atoms with E-state index in [0.717, 1.165) is 23.1 Å². The maximum atomic E-state index is 13.6. The standard InChI is InChI=1S/C26H23FN2O3S/c1-18-16-20(9-11-22(18)27)21-10-12-25-23(17-21)28-26(32-25)24-8-5-14-29(24)33(30,31)15-13-19-6-3-2-4-7-19/h2-4,6-7,9-13,15-17,24H,5,8,14H2,1H3/b15-13+. The molecule has 2 heterocycles. The average molecular weight is 463 g/mol. The van der Waals surface area contributed by atoms with Crippen molar-refractivity contribution in [3.05, 3.63) is 95.0 Å². The van der Waals surface area contributed by atoms with Gasteiger partial charge in [0.05, 0.1) is 0 Å². The number of aryl methyl sites for hydroxylation is 1. The quantitative estimate of drug-likeness (QED) is 0.361. The molecule has 0 amide bonds.